The average molecular weight is 310 g/mol. The van der Waals surface area contributed by atoms with Gasteiger partial charge in [-0.25, -0.2) is 0 Å². The van der Waals surface area contributed by atoms with Gasteiger partial charge < -0.3 is 0 Å². The van der Waals surface area contributed by atoms with E-state index in [2.05, 4.69) is 20.8 Å². The van der Waals surface area contributed by atoms with Crippen LogP contribution in [-0.4, -0.2) is 14.5 Å². The molecule has 0 unspecified atom stereocenters. The molecule has 1 aliphatic carbocycles. The van der Waals surface area contributed by atoms with Crippen molar-refractivity contribution in [3.63, 3.8) is 0 Å². The number of benzene rings is 1. The largest absolute Gasteiger partial charge is 0.297 e. The fourth-order valence-corrected chi connectivity index (χ4v) is 4.28. The Kier molecular flexibility index (Phi) is 5.10. The second-order valence-corrected chi connectivity index (χ2v) is 8.30. The van der Waals surface area contributed by atoms with Crippen molar-refractivity contribution in [2.45, 2.75) is 58.0 Å². The van der Waals surface area contributed by atoms with Crippen LogP contribution in [0.5, 0.6) is 0 Å². The topological polar surface area (TPSA) is 43.4 Å². The van der Waals surface area contributed by atoms with Crippen LogP contribution >= 0.6 is 0 Å². The maximum absolute atomic E-state index is 12.5. The Hall–Kier alpha value is -0.870. The van der Waals surface area contributed by atoms with Crippen molar-refractivity contribution < 1.29 is 12.6 Å². The van der Waals surface area contributed by atoms with E-state index >= 15 is 0 Å². The molecule has 0 bridgehead atoms. The number of rotatable bonds is 4. The monoisotopic (exact) mass is 310 g/mol. The molecule has 0 saturated heterocycles. The van der Waals surface area contributed by atoms with Gasteiger partial charge >= 0.3 is 0 Å². The summed E-state index contributed by atoms with van der Waals surface area (Å²) in [6, 6.07) is 6.86. The van der Waals surface area contributed by atoms with Gasteiger partial charge in [0, 0.05) is 0 Å². The molecule has 0 amide bonds. The molecule has 1 saturated carbocycles. The van der Waals surface area contributed by atoms with Crippen LogP contribution in [-0.2, 0) is 14.3 Å². The van der Waals surface area contributed by atoms with Crippen LogP contribution in [0.3, 0.4) is 0 Å². The van der Waals surface area contributed by atoms with Gasteiger partial charge in [0.05, 0.1) is 11.0 Å². The molecule has 1 aromatic rings. The van der Waals surface area contributed by atoms with E-state index < -0.39 is 10.1 Å². The fourth-order valence-electron chi connectivity index (χ4n) is 3.15. The predicted molar refractivity (Wildman–Crippen MR) is 84.6 cm³/mol. The minimum absolute atomic E-state index is 0.194. The highest BCUT2D eigenvalue weighted by atomic mass is 32.2. The minimum Gasteiger partial charge on any atom is -0.263 e. The van der Waals surface area contributed by atoms with Crippen LogP contribution in [0, 0.1) is 24.7 Å². The van der Waals surface area contributed by atoms with Gasteiger partial charge in [-0.05, 0) is 49.7 Å². The zero-order valence-corrected chi connectivity index (χ0v) is 14.2. The first-order chi connectivity index (χ1) is 9.79. The molecule has 3 atom stereocenters. The lowest BCUT2D eigenvalue weighted by atomic mass is 9.75. The smallest absolute Gasteiger partial charge is 0.263 e. The van der Waals surface area contributed by atoms with Crippen LogP contribution in [0.4, 0.5) is 0 Å². The van der Waals surface area contributed by atoms with E-state index in [4.69, 9.17) is 4.18 Å². The summed E-state index contributed by atoms with van der Waals surface area (Å²) >= 11 is 0. The molecule has 0 spiro atoms. The van der Waals surface area contributed by atoms with Crippen molar-refractivity contribution in [3.8, 4) is 0 Å². The van der Waals surface area contributed by atoms with Crippen LogP contribution in [0.1, 0.15) is 45.6 Å². The molecular formula is C17H26O3S. The van der Waals surface area contributed by atoms with E-state index in [1.165, 1.54) is 0 Å². The number of aryl methyl sites for hydroxylation is 1. The molecule has 0 N–H and O–H groups in total. The quantitative estimate of drug-likeness (QED) is 0.784. The van der Waals surface area contributed by atoms with E-state index in [-0.39, 0.29) is 11.0 Å². The van der Waals surface area contributed by atoms with Crippen molar-refractivity contribution in [1.29, 1.82) is 0 Å². The summed E-state index contributed by atoms with van der Waals surface area (Å²) in [5.74, 6) is 1.29. The van der Waals surface area contributed by atoms with Crippen LogP contribution in [0.25, 0.3) is 0 Å². The molecule has 1 aromatic carbocycles. The standard InChI is InChI=1S/C17H26O3S/c1-12(2)16-10-7-14(4)11-17(16)20-21(18,19)15-8-5-13(3)6-9-15/h5-6,8-9,12,14,16-17H,7,10-11H2,1-4H3/t14-,16+,17-/m0/s1. The fraction of sp³-hybridized carbons (Fsp3) is 0.647. The Bertz CT molecular complexity index is 560. The molecule has 0 aliphatic heterocycles. The number of hydrogen-bond donors (Lipinski definition) is 0. The summed E-state index contributed by atoms with van der Waals surface area (Å²) in [4.78, 5) is 0.258. The van der Waals surface area contributed by atoms with Crippen LogP contribution in [0.15, 0.2) is 29.2 Å². The van der Waals surface area contributed by atoms with Gasteiger partial charge in [-0.1, -0.05) is 44.9 Å². The molecule has 21 heavy (non-hydrogen) atoms. The molecule has 0 heterocycles. The number of hydrogen-bond acceptors (Lipinski definition) is 3. The summed E-state index contributed by atoms with van der Waals surface area (Å²) < 4.78 is 30.5. The van der Waals surface area contributed by atoms with E-state index in [1.807, 2.05) is 6.92 Å². The second-order valence-electron chi connectivity index (χ2n) is 6.73. The van der Waals surface area contributed by atoms with Crippen molar-refractivity contribution in [3.05, 3.63) is 29.8 Å². The Morgan fingerprint density at radius 3 is 2.33 bits per heavy atom. The average Bonchev–Trinajstić information content (AvgIpc) is 2.38. The van der Waals surface area contributed by atoms with E-state index in [0.717, 1.165) is 24.8 Å². The lowest BCUT2D eigenvalue weighted by Gasteiger charge is -2.36. The first-order valence-corrected chi connectivity index (χ1v) is 9.20. The van der Waals surface area contributed by atoms with Gasteiger partial charge in [0.1, 0.15) is 0 Å². The predicted octanol–water partition coefficient (Wildman–Crippen LogP) is 4.16. The Morgan fingerprint density at radius 2 is 1.76 bits per heavy atom. The summed E-state index contributed by atoms with van der Waals surface area (Å²) in [6.07, 6.45) is 2.84. The lowest BCUT2D eigenvalue weighted by Crippen LogP contribution is -2.35. The summed E-state index contributed by atoms with van der Waals surface area (Å²) in [5.41, 5.74) is 1.04. The van der Waals surface area contributed by atoms with E-state index in [9.17, 15) is 8.42 Å². The maximum atomic E-state index is 12.5. The summed E-state index contributed by atoms with van der Waals surface area (Å²) in [7, 11) is -3.67. The first-order valence-electron chi connectivity index (χ1n) is 7.79. The maximum Gasteiger partial charge on any atom is 0.297 e. The minimum atomic E-state index is -3.67. The molecule has 0 aromatic heterocycles. The molecule has 1 aliphatic rings. The first kappa shape index (κ1) is 16.5. The Morgan fingerprint density at radius 1 is 1.14 bits per heavy atom. The highest BCUT2D eigenvalue weighted by Crippen LogP contribution is 2.36. The van der Waals surface area contributed by atoms with Gasteiger partial charge in [-0.15, -0.1) is 0 Å². The van der Waals surface area contributed by atoms with Crippen molar-refractivity contribution in [2.75, 3.05) is 0 Å². The Balaban J connectivity index is 2.19. The molecule has 118 valence electrons. The highest BCUT2D eigenvalue weighted by molar-refractivity contribution is 7.86. The van der Waals surface area contributed by atoms with Gasteiger partial charge in [-0.2, -0.15) is 8.42 Å². The Labute approximate surface area is 128 Å². The zero-order valence-electron chi connectivity index (χ0n) is 13.4. The molecule has 4 heteroatoms. The molecular weight excluding hydrogens is 284 g/mol. The third-order valence-corrected chi connectivity index (χ3v) is 5.87. The molecule has 0 radical (unpaired) electrons. The summed E-state index contributed by atoms with van der Waals surface area (Å²) in [6.45, 7) is 8.41. The van der Waals surface area contributed by atoms with Gasteiger partial charge in [0.15, 0.2) is 0 Å². The third-order valence-electron chi connectivity index (χ3n) is 4.52. The SMILES string of the molecule is Cc1ccc(S(=O)(=O)O[C@H]2C[C@@H](C)CC[C@@H]2C(C)C)cc1. The van der Waals surface area contributed by atoms with Gasteiger partial charge in [-0.3, -0.25) is 4.18 Å². The van der Waals surface area contributed by atoms with Crippen molar-refractivity contribution in [1.82, 2.24) is 0 Å². The lowest BCUT2D eigenvalue weighted by molar-refractivity contribution is 0.0511. The van der Waals surface area contributed by atoms with Crippen LogP contribution in [0.2, 0.25) is 0 Å². The second kappa shape index (κ2) is 6.49. The summed E-state index contributed by atoms with van der Waals surface area (Å²) in [5, 5.41) is 0. The van der Waals surface area contributed by atoms with Gasteiger partial charge in [0.2, 0.25) is 0 Å². The van der Waals surface area contributed by atoms with Crippen molar-refractivity contribution >= 4 is 10.1 Å². The zero-order chi connectivity index (χ0) is 15.6. The van der Waals surface area contributed by atoms with Crippen LogP contribution < -0.4 is 0 Å². The molecule has 1 fully saturated rings. The third kappa shape index (κ3) is 4.07. The van der Waals surface area contributed by atoms with E-state index in [0.29, 0.717) is 17.8 Å². The normalized spacial score (nSPS) is 27.0. The highest BCUT2D eigenvalue weighted by Gasteiger charge is 2.35. The van der Waals surface area contributed by atoms with E-state index in [1.54, 1.807) is 24.3 Å². The molecule has 2 rings (SSSR count). The van der Waals surface area contributed by atoms with Gasteiger partial charge in [0.25, 0.3) is 10.1 Å². The molecule has 3 nitrogen and oxygen atoms in total. The van der Waals surface area contributed by atoms with Crippen molar-refractivity contribution in [2.24, 2.45) is 17.8 Å².